The number of nitrogens with zero attached hydrogens (tertiary/aromatic N) is 3. The molecule has 0 bridgehead atoms. The third-order valence-electron chi connectivity index (χ3n) is 4.02. The molecule has 1 heterocycles. The van der Waals surface area contributed by atoms with Crippen LogP contribution in [0.25, 0.3) is 0 Å². The molecule has 1 aromatic carbocycles. The first-order chi connectivity index (χ1) is 12.6. The van der Waals surface area contributed by atoms with Crippen molar-refractivity contribution in [1.82, 2.24) is 20.1 Å². The zero-order valence-corrected chi connectivity index (χ0v) is 15.7. The summed E-state index contributed by atoms with van der Waals surface area (Å²) in [5.41, 5.74) is 0.908. The lowest BCUT2D eigenvalue weighted by molar-refractivity contribution is -0.142. The second kappa shape index (κ2) is 8.35. The lowest BCUT2D eigenvalue weighted by Crippen LogP contribution is -2.29. The Balaban J connectivity index is 1.77. The van der Waals surface area contributed by atoms with E-state index in [4.69, 9.17) is 4.74 Å². The fraction of sp³-hybridized carbons (Fsp3) is 0.444. The third-order valence-corrected chi connectivity index (χ3v) is 5.31. The standard InChI is InChI=1S/C18H22N4O3S/c1-3-25-15(23)11-14-20-21-18(22(14)2)26-16(12-7-5-4-6-8-12)17(24)19-13-9-10-13/h4-8,13,16H,3,9-11H2,1-2H3,(H,19,24)/t16-/m1/s1. The summed E-state index contributed by atoms with van der Waals surface area (Å²) in [6.45, 7) is 2.09. The molecule has 1 N–H and O–H groups in total. The zero-order chi connectivity index (χ0) is 18.5. The molecule has 0 aliphatic heterocycles. The van der Waals surface area contributed by atoms with Gasteiger partial charge in [0, 0.05) is 13.1 Å². The van der Waals surface area contributed by atoms with Gasteiger partial charge < -0.3 is 14.6 Å². The molecule has 1 fully saturated rings. The molecular weight excluding hydrogens is 352 g/mol. The van der Waals surface area contributed by atoms with Crippen LogP contribution >= 0.6 is 11.8 Å². The van der Waals surface area contributed by atoms with Crippen LogP contribution in [0.5, 0.6) is 0 Å². The van der Waals surface area contributed by atoms with Gasteiger partial charge in [-0.3, -0.25) is 9.59 Å². The number of carbonyl (C=O) groups is 2. The number of esters is 1. The first-order valence-electron chi connectivity index (χ1n) is 8.64. The molecule has 138 valence electrons. The number of nitrogens with one attached hydrogen (secondary N) is 1. The zero-order valence-electron chi connectivity index (χ0n) is 14.8. The molecule has 8 heteroatoms. The second-order valence-corrected chi connectivity index (χ2v) is 7.20. The predicted molar refractivity (Wildman–Crippen MR) is 97.5 cm³/mol. The minimum absolute atomic E-state index is 0.0290. The van der Waals surface area contributed by atoms with Crippen molar-refractivity contribution in [3.63, 3.8) is 0 Å². The van der Waals surface area contributed by atoms with Gasteiger partial charge in [0.25, 0.3) is 0 Å². The summed E-state index contributed by atoms with van der Waals surface area (Å²) in [5, 5.41) is 11.5. The Labute approximate surface area is 156 Å². The van der Waals surface area contributed by atoms with E-state index in [1.165, 1.54) is 11.8 Å². The van der Waals surface area contributed by atoms with E-state index in [1.807, 2.05) is 30.3 Å². The number of rotatable bonds is 8. The van der Waals surface area contributed by atoms with E-state index in [9.17, 15) is 9.59 Å². The van der Waals surface area contributed by atoms with Crippen LogP contribution in [0.3, 0.4) is 0 Å². The van der Waals surface area contributed by atoms with Gasteiger partial charge in [-0.25, -0.2) is 0 Å². The summed E-state index contributed by atoms with van der Waals surface area (Å²) < 4.78 is 6.70. The fourth-order valence-electron chi connectivity index (χ4n) is 2.45. The van der Waals surface area contributed by atoms with Crippen molar-refractivity contribution in [1.29, 1.82) is 0 Å². The first-order valence-corrected chi connectivity index (χ1v) is 9.52. The Hall–Kier alpha value is -2.35. The Morgan fingerprint density at radius 1 is 1.31 bits per heavy atom. The number of hydrogen-bond donors (Lipinski definition) is 1. The third kappa shape index (κ3) is 4.63. The number of carbonyl (C=O) groups excluding carboxylic acids is 2. The Bertz CT molecular complexity index is 774. The average molecular weight is 374 g/mol. The van der Waals surface area contributed by atoms with Gasteiger partial charge in [-0.1, -0.05) is 42.1 Å². The van der Waals surface area contributed by atoms with E-state index >= 15 is 0 Å². The lowest BCUT2D eigenvalue weighted by Gasteiger charge is -2.16. The highest BCUT2D eigenvalue weighted by Gasteiger charge is 2.30. The van der Waals surface area contributed by atoms with Crippen molar-refractivity contribution in [2.24, 2.45) is 7.05 Å². The normalized spacial score (nSPS) is 14.7. The largest absolute Gasteiger partial charge is 0.466 e. The van der Waals surface area contributed by atoms with Gasteiger partial charge in [-0.2, -0.15) is 0 Å². The van der Waals surface area contributed by atoms with Gasteiger partial charge in [0.1, 0.15) is 17.5 Å². The second-order valence-electron chi connectivity index (χ2n) is 6.13. The molecule has 2 aromatic rings. The fourth-order valence-corrected chi connectivity index (χ4v) is 3.48. The van der Waals surface area contributed by atoms with Crippen LogP contribution in [0.2, 0.25) is 0 Å². The van der Waals surface area contributed by atoms with Gasteiger partial charge in [-0.15, -0.1) is 10.2 Å². The van der Waals surface area contributed by atoms with Crippen LogP contribution in [0.4, 0.5) is 0 Å². The molecule has 7 nitrogen and oxygen atoms in total. The molecule has 3 rings (SSSR count). The number of benzene rings is 1. The van der Waals surface area contributed by atoms with Crippen molar-refractivity contribution >= 4 is 23.6 Å². The van der Waals surface area contributed by atoms with Gasteiger partial charge in [0.05, 0.1) is 6.61 Å². The topological polar surface area (TPSA) is 86.1 Å². The number of aromatic nitrogens is 3. The summed E-state index contributed by atoms with van der Waals surface area (Å²) in [7, 11) is 1.79. The van der Waals surface area contributed by atoms with Crippen LogP contribution < -0.4 is 5.32 Å². The van der Waals surface area contributed by atoms with E-state index < -0.39 is 5.25 Å². The quantitative estimate of drug-likeness (QED) is 0.562. The van der Waals surface area contributed by atoms with E-state index in [-0.39, 0.29) is 24.3 Å². The van der Waals surface area contributed by atoms with Crippen molar-refractivity contribution in [2.45, 2.75) is 42.6 Å². The van der Waals surface area contributed by atoms with Gasteiger partial charge in [0.15, 0.2) is 5.16 Å². The van der Waals surface area contributed by atoms with Crippen LogP contribution in [0.1, 0.15) is 36.4 Å². The molecule has 1 aliphatic rings. The Morgan fingerprint density at radius 2 is 2.04 bits per heavy atom. The molecule has 1 atom stereocenters. The molecule has 0 spiro atoms. The molecule has 0 unspecified atom stereocenters. The number of thioether (sulfide) groups is 1. The maximum atomic E-state index is 12.7. The highest BCUT2D eigenvalue weighted by molar-refractivity contribution is 8.00. The van der Waals surface area contributed by atoms with Gasteiger partial charge in [0.2, 0.25) is 5.91 Å². The SMILES string of the molecule is CCOC(=O)Cc1nnc(S[C@@H](C(=O)NC2CC2)c2ccccc2)n1C. The van der Waals surface area contributed by atoms with Crippen LogP contribution in [-0.2, 0) is 27.8 Å². The smallest absolute Gasteiger partial charge is 0.313 e. The van der Waals surface area contributed by atoms with Gasteiger partial charge in [-0.05, 0) is 25.3 Å². The maximum absolute atomic E-state index is 12.7. The average Bonchev–Trinajstić information content (AvgIpc) is 3.38. The van der Waals surface area contributed by atoms with Crippen molar-refractivity contribution in [3.05, 3.63) is 41.7 Å². The number of ether oxygens (including phenoxy) is 1. The minimum atomic E-state index is -0.421. The van der Waals surface area contributed by atoms with Crippen LogP contribution in [0.15, 0.2) is 35.5 Å². The lowest BCUT2D eigenvalue weighted by atomic mass is 10.1. The number of amides is 1. The Kier molecular flexibility index (Phi) is 5.92. The summed E-state index contributed by atoms with van der Waals surface area (Å²) in [6.07, 6.45) is 2.12. The molecule has 1 saturated carbocycles. The predicted octanol–water partition coefficient (Wildman–Crippen LogP) is 2.03. The molecule has 0 saturated heterocycles. The number of hydrogen-bond acceptors (Lipinski definition) is 6. The van der Waals surface area contributed by atoms with E-state index in [1.54, 1.807) is 18.5 Å². The van der Waals surface area contributed by atoms with Crippen molar-refractivity contribution < 1.29 is 14.3 Å². The molecule has 1 amide bonds. The van der Waals surface area contributed by atoms with E-state index in [0.29, 0.717) is 17.6 Å². The molecule has 1 aromatic heterocycles. The maximum Gasteiger partial charge on any atom is 0.313 e. The van der Waals surface area contributed by atoms with Crippen molar-refractivity contribution in [2.75, 3.05) is 6.61 Å². The van der Waals surface area contributed by atoms with Crippen molar-refractivity contribution in [3.8, 4) is 0 Å². The Morgan fingerprint density at radius 3 is 2.69 bits per heavy atom. The molecule has 26 heavy (non-hydrogen) atoms. The molecule has 1 aliphatic carbocycles. The van der Waals surface area contributed by atoms with E-state index in [2.05, 4.69) is 15.5 Å². The summed E-state index contributed by atoms with van der Waals surface area (Å²) in [6, 6.07) is 9.89. The highest BCUT2D eigenvalue weighted by Crippen LogP contribution is 2.35. The molecule has 0 radical (unpaired) electrons. The van der Waals surface area contributed by atoms with E-state index in [0.717, 1.165) is 18.4 Å². The monoisotopic (exact) mass is 374 g/mol. The summed E-state index contributed by atoms with van der Waals surface area (Å²) >= 11 is 1.33. The first kappa shape index (κ1) is 18.4. The van der Waals surface area contributed by atoms with Gasteiger partial charge >= 0.3 is 5.97 Å². The minimum Gasteiger partial charge on any atom is -0.466 e. The van der Waals surface area contributed by atoms with Crippen LogP contribution in [0, 0.1) is 0 Å². The summed E-state index contributed by atoms with van der Waals surface area (Å²) in [5.74, 6) is 0.143. The molecular formula is C18H22N4O3S. The highest BCUT2D eigenvalue weighted by atomic mass is 32.2. The summed E-state index contributed by atoms with van der Waals surface area (Å²) in [4.78, 5) is 24.4. The van der Waals surface area contributed by atoms with Crippen LogP contribution in [-0.4, -0.2) is 39.3 Å².